The van der Waals surface area contributed by atoms with E-state index in [9.17, 15) is 4.79 Å². The van der Waals surface area contributed by atoms with E-state index in [0.29, 0.717) is 15.8 Å². The van der Waals surface area contributed by atoms with Gasteiger partial charge in [0.25, 0.3) is 5.91 Å². The van der Waals surface area contributed by atoms with Gasteiger partial charge in [-0.2, -0.15) is 0 Å². The standard InChI is InChI=1S/C19H22N6OS2/c20-12-5-8-25(9-6-12)16-4-2-1-3-13(16)22-18(26)15-11-28-19(24-15)23-14-7-10-27-17(14)21/h1-4,7,10-12H,5-6,8-9,20-21H2,(H,22,26)(H,23,24). The van der Waals surface area contributed by atoms with Crippen LogP contribution in [0.1, 0.15) is 23.3 Å². The number of hydrogen-bond donors (Lipinski definition) is 4. The van der Waals surface area contributed by atoms with Crippen molar-refractivity contribution in [1.29, 1.82) is 0 Å². The Labute approximate surface area is 171 Å². The highest BCUT2D eigenvalue weighted by molar-refractivity contribution is 7.15. The number of carbonyl (C=O) groups excluding carboxylic acids is 1. The predicted octanol–water partition coefficient (Wildman–Crippen LogP) is 3.71. The molecule has 6 N–H and O–H groups in total. The number of benzene rings is 1. The van der Waals surface area contributed by atoms with E-state index in [0.717, 1.165) is 43.0 Å². The fourth-order valence-electron chi connectivity index (χ4n) is 3.16. The normalized spacial score (nSPS) is 14.8. The average Bonchev–Trinajstić information content (AvgIpc) is 3.33. The molecular formula is C19H22N6OS2. The first kappa shape index (κ1) is 18.7. The van der Waals surface area contributed by atoms with E-state index in [-0.39, 0.29) is 11.9 Å². The lowest BCUT2D eigenvalue weighted by molar-refractivity contribution is 0.102. The van der Waals surface area contributed by atoms with Gasteiger partial charge >= 0.3 is 0 Å². The smallest absolute Gasteiger partial charge is 0.275 e. The van der Waals surface area contributed by atoms with Crippen molar-refractivity contribution < 1.29 is 4.79 Å². The zero-order chi connectivity index (χ0) is 19.5. The number of carbonyl (C=O) groups is 1. The summed E-state index contributed by atoms with van der Waals surface area (Å²) in [6, 6.07) is 10.00. The number of rotatable bonds is 5. The summed E-state index contributed by atoms with van der Waals surface area (Å²) in [5.74, 6) is -0.233. The summed E-state index contributed by atoms with van der Waals surface area (Å²) in [4.78, 5) is 19.4. The van der Waals surface area contributed by atoms with E-state index in [1.165, 1.54) is 22.7 Å². The number of thiophene rings is 1. The molecule has 1 aliphatic heterocycles. The highest BCUT2D eigenvalue weighted by Gasteiger charge is 2.20. The summed E-state index contributed by atoms with van der Waals surface area (Å²) >= 11 is 2.82. The van der Waals surface area contributed by atoms with Gasteiger partial charge < -0.3 is 27.0 Å². The number of nitrogens with two attached hydrogens (primary N) is 2. The molecule has 0 unspecified atom stereocenters. The highest BCUT2D eigenvalue weighted by atomic mass is 32.1. The second kappa shape index (κ2) is 8.17. The fourth-order valence-corrected chi connectivity index (χ4v) is 4.46. The summed E-state index contributed by atoms with van der Waals surface area (Å²) in [6.45, 7) is 1.78. The second-order valence-electron chi connectivity index (χ2n) is 6.66. The summed E-state index contributed by atoms with van der Waals surface area (Å²) in [7, 11) is 0. The van der Waals surface area contributed by atoms with Gasteiger partial charge in [0.1, 0.15) is 10.7 Å². The number of piperidine rings is 1. The molecule has 3 aromatic rings. The van der Waals surface area contributed by atoms with E-state index in [1.54, 1.807) is 5.38 Å². The maximum absolute atomic E-state index is 12.7. The first-order valence-corrected chi connectivity index (χ1v) is 10.8. The minimum atomic E-state index is -0.233. The lowest BCUT2D eigenvalue weighted by Crippen LogP contribution is -2.40. The van der Waals surface area contributed by atoms with Crippen LogP contribution in [0.5, 0.6) is 0 Å². The molecule has 2 aromatic heterocycles. The van der Waals surface area contributed by atoms with Crippen molar-refractivity contribution >= 4 is 55.8 Å². The van der Waals surface area contributed by atoms with E-state index >= 15 is 0 Å². The van der Waals surface area contributed by atoms with Crippen molar-refractivity contribution in [3.63, 3.8) is 0 Å². The van der Waals surface area contributed by atoms with Crippen LogP contribution in [0.4, 0.5) is 27.2 Å². The first-order valence-electron chi connectivity index (χ1n) is 9.06. The van der Waals surface area contributed by atoms with Crippen LogP contribution in [0.2, 0.25) is 0 Å². The molecule has 1 amide bonds. The minimum Gasteiger partial charge on any atom is -0.389 e. The van der Waals surface area contributed by atoms with Crippen molar-refractivity contribution in [2.24, 2.45) is 5.73 Å². The van der Waals surface area contributed by atoms with Gasteiger partial charge in [0.15, 0.2) is 5.13 Å². The Kier molecular flexibility index (Phi) is 5.47. The zero-order valence-corrected chi connectivity index (χ0v) is 16.9. The largest absolute Gasteiger partial charge is 0.389 e. The van der Waals surface area contributed by atoms with Gasteiger partial charge in [-0.1, -0.05) is 12.1 Å². The highest BCUT2D eigenvalue weighted by Crippen LogP contribution is 2.31. The van der Waals surface area contributed by atoms with Crippen LogP contribution in [0, 0.1) is 0 Å². The molecule has 146 valence electrons. The van der Waals surface area contributed by atoms with Gasteiger partial charge in [-0.05, 0) is 36.4 Å². The average molecular weight is 415 g/mol. The molecule has 28 heavy (non-hydrogen) atoms. The number of thiazole rings is 1. The Balaban J connectivity index is 1.46. The van der Waals surface area contributed by atoms with Crippen molar-refractivity contribution in [2.45, 2.75) is 18.9 Å². The molecule has 3 heterocycles. The van der Waals surface area contributed by atoms with Crippen LogP contribution >= 0.6 is 22.7 Å². The maximum Gasteiger partial charge on any atom is 0.275 e. The Bertz CT molecular complexity index is 961. The Morgan fingerprint density at radius 1 is 1.14 bits per heavy atom. The second-order valence-corrected chi connectivity index (χ2v) is 8.46. The minimum absolute atomic E-state index is 0.233. The number of anilines is 5. The van der Waals surface area contributed by atoms with Gasteiger partial charge in [-0.25, -0.2) is 4.98 Å². The number of aromatic nitrogens is 1. The van der Waals surface area contributed by atoms with Crippen molar-refractivity contribution in [2.75, 3.05) is 34.4 Å². The van der Waals surface area contributed by atoms with E-state index < -0.39 is 0 Å². The van der Waals surface area contributed by atoms with Crippen LogP contribution in [0.15, 0.2) is 41.1 Å². The maximum atomic E-state index is 12.7. The van der Waals surface area contributed by atoms with Crippen molar-refractivity contribution in [3.8, 4) is 0 Å². The van der Waals surface area contributed by atoms with E-state index in [4.69, 9.17) is 11.5 Å². The van der Waals surface area contributed by atoms with Gasteiger partial charge in [0, 0.05) is 24.5 Å². The van der Waals surface area contributed by atoms with Crippen LogP contribution in [-0.2, 0) is 0 Å². The molecule has 0 atom stereocenters. The van der Waals surface area contributed by atoms with Gasteiger partial charge in [-0.3, -0.25) is 4.79 Å². The summed E-state index contributed by atoms with van der Waals surface area (Å²) < 4.78 is 0. The molecule has 1 fully saturated rings. The topological polar surface area (TPSA) is 109 Å². The SMILES string of the molecule is Nc1sccc1Nc1nc(C(=O)Nc2ccccc2N2CCC(N)CC2)cs1. The molecule has 0 spiro atoms. The molecular weight excluding hydrogens is 392 g/mol. The molecule has 0 aliphatic carbocycles. The van der Waals surface area contributed by atoms with Gasteiger partial charge in [0.05, 0.1) is 17.1 Å². The van der Waals surface area contributed by atoms with Crippen LogP contribution in [-0.4, -0.2) is 30.0 Å². The van der Waals surface area contributed by atoms with Crippen LogP contribution in [0.25, 0.3) is 0 Å². The number of para-hydroxylation sites is 2. The lowest BCUT2D eigenvalue weighted by atomic mass is 10.0. The molecule has 1 saturated heterocycles. The third-order valence-corrected chi connectivity index (χ3v) is 6.21. The summed E-state index contributed by atoms with van der Waals surface area (Å²) in [5, 5.41) is 11.1. The summed E-state index contributed by atoms with van der Waals surface area (Å²) in [5.41, 5.74) is 14.9. The Hall–Kier alpha value is -2.62. The van der Waals surface area contributed by atoms with Crippen LogP contribution in [0.3, 0.4) is 0 Å². The number of amides is 1. The third-order valence-electron chi connectivity index (χ3n) is 4.71. The number of hydrogen-bond acceptors (Lipinski definition) is 8. The van der Waals surface area contributed by atoms with Crippen molar-refractivity contribution in [3.05, 3.63) is 46.8 Å². The quantitative estimate of drug-likeness (QED) is 0.507. The van der Waals surface area contributed by atoms with E-state index in [1.807, 2.05) is 35.7 Å². The summed E-state index contributed by atoms with van der Waals surface area (Å²) in [6.07, 6.45) is 1.91. The lowest BCUT2D eigenvalue weighted by Gasteiger charge is -2.33. The monoisotopic (exact) mass is 414 g/mol. The molecule has 9 heteroatoms. The molecule has 0 radical (unpaired) electrons. The molecule has 0 saturated carbocycles. The number of nitrogens with zero attached hydrogens (tertiary/aromatic N) is 2. The van der Waals surface area contributed by atoms with Gasteiger partial charge in [-0.15, -0.1) is 22.7 Å². The Morgan fingerprint density at radius 3 is 2.68 bits per heavy atom. The third kappa shape index (κ3) is 4.11. The van der Waals surface area contributed by atoms with Crippen LogP contribution < -0.4 is 27.0 Å². The molecule has 7 nitrogen and oxygen atoms in total. The predicted molar refractivity (Wildman–Crippen MR) is 118 cm³/mol. The van der Waals surface area contributed by atoms with E-state index in [2.05, 4.69) is 20.5 Å². The van der Waals surface area contributed by atoms with Crippen molar-refractivity contribution in [1.82, 2.24) is 4.98 Å². The van der Waals surface area contributed by atoms with Gasteiger partial charge in [0.2, 0.25) is 0 Å². The zero-order valence-electron chi connectivity index (χ0n) is 15.2. The molecule has 1 aliphatic rings. The Morgan fingerprint density at radius 2 is 1.93 bits per heavy atom. The molecule has 0 bridgehead atoms. The molecule has 1 aromatic carbocycles. The molecule has 4 rings (SSSR count). The fraction of sp³-hybridized carbons (Fsp3) is 0.263. The number of nitrogens with one attached hydrogen (secondary N) is 2. The first-order chi connectivity index (χ1) is 13.6. The number of nitrogen functional groups attached to an aromatic ring is 1.